The standard InChI is InChI=1S/C10H12FNO2/c1-7-4-9(6-13)8(2-3-14-12)5-10(7)11/h4-6H,2-3,12H2,1H3. The first-order valence-electron chi connectivity index (χ1n) is 4.25. The summed E-state index contributed by atoms with van der Waals surface area (Å²) in [6, 6.07) is 2.87. The van der Waals surface area contributed by atoms with Gasteiger partial charge in [0.05, 0.1) is 6.61 Å². The van der Waals surface area contributed by atoms with Crippen LogP contribution in [-0.2, 0) is 11.3 Å². The lowest BCUT2D eigenvalue weighted by atomic mass is 10.0. The van der Waals surface area contributed by atoms with E-state index in [4.69, 9.17) is 5.90 Å². The Morgan fingerprint density at radius 2 is 2.29 bits per heavy atom. The summed E-state index contributed by atoms with van der Waals surface area (Å²) in [5.74, 6) is 4.54. The van der Waals surface area contributed by atoms with Crippen molar-refractivity contribution in [1.82, 2.24) is 0 Å². The Balaban J connectivity index is 3.00. The summed E-state index contributed by atoms with van der Waals surface area (Å²) in [4.78, 5) is 15.0. The first-order valence-corrected chi connectivity index (χ1v) is 4.25. The summed E-state index contributed by atoms with van der Waals surface area (Å²) >= 11 is 0. The molecule has 0 aliphatic rings. The van der Waals surface area contributed by atoms with Gasteiger partial charge in [0, 0.05) is 5.56 Å². The molecule has 0 saturated heterocycles. The second-order valence-corrected chi connectivity index (χ2v) is 3.04. The molecule has 2 N–H and O–H groups in total. The van der Waals surface area contributed by atoms with Crippen molar-refractivity contribution in [3.63, 3.8) is 0 Å². The number of nitrogens with two attached hydrogens (primary N) is 1. The Hall–Kier alpha value is -1.26. The number of rotatable bonds is 4. The van der Waals surface area contributed by atoms with E-state index in [-0.39, 0.29) is 12.4 Å². The van der Waals surface area contributed by atoms with Crippen LogP contribution in [0, 0.1) is 12.7 Å². The van der Waals surface area contributed by atoms with Crippen molar-refractivity contribution in [1.29, 1.82) is 0 Å². The maximum atomic E-state index is 13.1. The second kappa shape index (κ2) is 4.83. The topological polar surface area (TPSA) is 52.3 Å². The molecule has 0 fully saturated rings. The van der Waals surface area contributed by atoms with E-state index in [2.05, 4.69) is 4.84 Å². The van der Waals surface area contributed by atoms with Crippen LogP contribution in [0.4, 0.5) is 4.39 Å². The molecule has 0 amide bonds. The number of carbonyl (C=O) groups is 1. The minimum absolute atomic E-state index is 0.267. The third-order valence-corrected chi connectivity index (χ3v) is 2.04. The molecule has 76 valence electrons. The molecule has 0 heterocycles. The number of halogens is 1. The van der Waals surface area contributed by atoms with Gasteiger partial charge in [-0.1, -0.05) is 0 Å². The highest BCUT2D eigenvalue weighted by Gasteiger charge is 2.06. The Kier molecular flexibility index (Phi) is 3.73. The molecule has 0 aliphatic carbocycles. The van der Waals surface area contributed by atoms with Crippen LogP contribution in [0.3, 0.4) is 0 Å². The number of hydrogen-bond acceptors (Lipinski definition) is 3. The van der Waals surface area contributed by atoms with Gasteiger partial charge in [0.25, 0.3) is 0 Å². The van der Waals surface area contributed by atoms with Crippen molar-refractivity contribution in [2.24, 2.45) is 5.90 Å². The van der Waals surface area contributed by atoms with E-state index in [9.17, 15) is 9.18 Å². The molecule has 1 aromatic carbocycles. The van der Waals surface area contributed by atoms with Crippen molar-refractivity contribution in [2.45, 2.75) is 13.3 Å². The van der Waals surface area contributed by atoms with Gasteiger partial charge in [0.2, 0.25) is 0 Å². The fourth-order valence-corrected chi connectivity index (χ4v) is 1.24. The van der Waals surface area contributed by atoms with Gasteiger partial charge in [0.1, 0.15) is 12.1 Å². The smallest absolute Gasteiger partial charge is 0.150 e. The van der Waals surface area contributed by atoms with E-state index >= 15 is 0 Å². The highest BCUT2D eigenvalue weighted by Crippen LogP contribution is 2.14. The summed E-state index contributed by atoms with van der Waals surface area (Å²) in [5.41, 5.74) is 1.57. The fraction of sp³-hybridized carbons (Fsp3) is 0.300. The second-order valence-electron chi connectivity index (χ2n) is 3.04. The molecule has 0 atom stereocenters. The van der Waals surface area contributed by atoms with E-state index in [1.165, 1.54) is 12.1 Å². The van der Waals surface area contributed by atoms with Crippen LogP contribution in [0.15, 0.2) is 12.1 Å². The number of aryl methyl sites for hydroxylation is 1. The quantitative estimate of drug-likeness (QED) is 0.586. The molecular weight excluding hydrogens is 185 g/mol. The van der Waals surface area contributed by atoms with Gasteiger partial charge in [0.15, 0.2) is 0 Å². The van der Waals surface area contributed by atoms with Gasteiger partial charge in [-0.2, -0.15) is 0 Å². The minimum Gasteiger partial charge on any atom is -0.304 e. The van der Waals surface area contributed by atoms with Gasteiger partial charge in [-0.15, -0.1) is 0 Å². The van der Waals surface area contributed by atoms with Gasteiger partial charge >= 0.3 is 0 Å². The molecule has 0 aliphatic heterocycles. The average molecular weight is 197 g/mol. The summed E-state index contributed by atoms with van der Waals surface area (Å²) in [6.45, 7) is 1.88. The zero-order valence-corrected chi connectivity index (χ0v) is 7.92. The lowest BCUT2D eigenvalue weighted by Gasteiger charge is -2.06. The lowest BCUT2D eigenvalue weighted by Crippen LogP contribution is -2.06. The summed E-state index contributed by atoms with van der Waals surface area (Å²) < 4.78 is 13.1. The zero-order chi connectivity index (χ0) is 10.6. The largest absolute Gasteiger partial charge is 0.304 e. The van der Waals surface area contributed by atoms with Crippen molar-refractivity contribution < 1.29 is 14.0 Å². The Morgan fingerprint density at radius 1 is 1.57 bits per heavy atom. The zero-order valence-electron chi connectivity index (χ0n) is 7.92. The maximum absolute atomic E-state index is 13.1. The van der Waals surface area contributed by atoms with Gasteiger partial charge in [-0.25, -0.2) is 10.3 Å². The highest BCUT2D eigenvalue weighted by molar-refractivity contribution is 5.77. The molecule has 0 unspecified atom stereocenters. The number of hydrogen-bond donors (Lipinski definition) is 1. The van der Waals surface area contributed by atoms with E-state index in [0.717, 1.165) is 0 Å². The normalized spacial score (nSPS) is 10.2. The Labute approximate surface area is 81.6 Å². The molecule has 14 heavy (non-hydrogen) atoms. The van der Waals surface area contributed by atoms with E-state index in [0.29, 0.717) is 29.4 Å². The number of carbonyl (C=O) groups excluding carboxylic acids is 1. The molecule has 0 spiro atoms. The van der Waals surface area contributed by atoms with Crippen LogP contribution in [0.5, 0.6) is 0 Å². The fourth-order valence-electron chi connectivity index (χ4n) is 1.24. The summed E-state index contributed by atoms with van der Waals surface area (Å²) in [5, 5.41) is 0. The molecule has 0 aromatic heterocycles. The van der Waals surface area contributed by atoms with E-state index in [1.54, 1.807) is 6.92 Å². The van der Waals surface area contributed by atoms with Crippen LogP contribution in [0.25, 0.3) is 0 Å². The summed E-state index contributed by atoms with van der Waals surface area (Å²) in [6.07, 6.45) is 1.14. The van der Waals surface area contributed by atoms with Crippen LogP contribution in [-0.4, -0.2) is 12.9 Å². The molecule has 0 bridgehead atoms. The molecule has 4 heteroatoms. The van der Waals surface area contributed by atoms with Crippen molar-refractivity contribution in [3.05, 3.63) is 34.6 Å². The first kappa shape index (κ1) is 10.8. The predicted octanol–water partition coefficient (Wildman–Crippen LogP) is 1.38. The Bertz CT molecular complexity index is 339. The van der Waals surface area contributed by atoms with Crippen LogP contribution < -0.4 is 5.90 Å². The molecule has 0 saturated carbocycles. The predicted molar refractivity (Wildman–Crippen MR) is 50.4 cm³/mol. The number of benzene rings is 1. The highest BCUT2D eigenvalue weighted by atomic mass is 19.1. The minimum atomic E-state index is -0.317. The van der Waals surface area contributed by atoms with Gasteiger partial charge < -0.3 is 4.84 Å². The monoisotopic (exact) mass is 197 g/mol. The molecular formula is C10H12FNO2. The van der Waals surface area contributed by atoms with Crippen molar-refractivity contribution in [3.8, 4) is 0 Å². The van der Waals surface area contributed by atoms with Crippen molar-refractivity contribution >= 4 is 6.29 Å². The molecule has 1 aromatic rings. The SMILES string of the molecule is Cc1cc(C=O)c(CCON)cc1F. The van der Waals surface area contributed by atoms with Gasteiger partial charge in [-0.3, -0.25) is 4.79 Å². The molecule has 0 radical (unpaired) electrons. The summed E-state index contributed by atoms with van der Waals surface area (Å²) in [7, 11) is 0. The molecule has 3 nitrogen and oxygen atoms in total. The van der Waals surface area contributed by atoms with Crippen LogP contribution in [0.2, 0.25) is 0 Å². The lowest BCUT2D eigenvalue weighted by molar-refractivity contribution is 0.112. The van der Waals surface area contributed by atoms with Crippen LogP contribution in [0.1, 0.15) is 21.5 Å². The third-order valence-electron chi connectivity index (χ3n) is 2.04. The van der Waals surface area contributed by atoms with E-state index in [1.807, 2.05) is 0 Å². The maximum Gasteiger partial charge on any atom is 0.150 e. The Morgan fingerprint density at radius 3 is 2.86 bits per heavy atom. The van der Waals surface area contributed by atoms with E-state index < -0.39 is 0 Å². The van der Waals surface area contributed by atoms with Crippen molar-refractivity contribution in [2.75, 3.05) is 6.61 Å². The third kappa shape index (κ3) is 2.37. The van der Waals surface area contributed by atoms with Gasteiger partial charge in [-0.05, 0) is 36.6 Å². The first-order chi connectivity index (χ1) is 6.69. The average Bonchev–Trinajstić information content (AvgIpc) is 2.19. The number of aldehydes is 1. The molecule has 1 rings (SSSR count). The van der Waals surface area contributed by atoms with Crippen LogP contribution >= 0.6 is 0 Å².